The Morgan fingerprint density at radius 2 is 1.85 bits per heavy atom. The van der Waals surface area contributed by atoms with Gasteiger partial charge in [0.25, 0.3) is 0 Å². The molecule has 0 unspecified atom stereocenters. The van der Waals surface area contributed by atoms with Crippen LogP contribution in [0.4, 0.5) is 0 Å². The number of aliphatic hydroxyl groups excluding tert-OH is 1. The van der Waals surface area contributed by atoms with Gasteiger partial charge in [-0.2, -0.15) is 0 Å². The quantitative estimate of drug-likeness (QED) is 0.814. The lowest BCUT2D eigenvalue weighted by molar-refractivity contribution is -0.129. The zero-order chi connectivity index (χ0) is 14.5. The standard InChI is InChI=1S/C15H29N3O2/c1-16(2)15(20)12-17-8-5-9-18(11-10-17)13-6-3-4-7-14(13)19/h13-14,19H,3-12H2,1-2H3/t13-,14-/m1/s1. The molecule has 0 aromatic rings. The Hall–Kier alpha value is -0.650. The molecule has 5 nitrogen and oxygen atoms in total. The molecule has 1 saturated carbocycles. The zero-order valence-electron chi connectivity index (χ0n) is 12.9. The average Bonchev–Trinajstić information content (AvgIpc) is 2.65. The van der Waals surface area contributed by atoms with E-state index in [9.17, 15) is 9.90 Å². The molecule has 0 aromatic heterocycles. The van der Waals surface area contributed by atoms with Crippen molar-refractivity contribution in [1.82, 2.24) is 14.7 Å². The fourth-order valence-electron chi connectivity index (χ4n) is 3.33. The van der Waals surface area contributed by atoms with E-state index in [-0.39, 0.29) is 12.0 Å². The van der Waals surface area contributed by atoms with Crippen molar-refractivity contribution < 1.29 is 9.90 Å². The number of carbonyl (C=O) groups excluding carboxylic acids is 1. The van der Waals surface area contributed by atoms with Gasteiger partial charge in [0.1, 0.15) is 0 Å². The molecular formula is C15H29N3O2. The molecule has 5 heteroatoms. The maximum absolute atomic E-state index is 11.8. The van der Waals surface area contributed by atoms with Crippen molar-refractivity contribution >= 4 is 5.91 Å². The van der Waals surface area contributed by atoms with E-state index in [1.54, 1.807) is 4.90 Å². The third-order valence-corrected chi connectivity index (χ3v) is 4.64. The van der Waals surface area contributed by atoms with Gasteiger partial charge in [-0.15, -0.1) is 0 Å². The van der Waals surface area contributed by atoms with Crippen LogP contribution in [0, 0.1) is 0 Å². The van der Waals surface area contributed by atoms with Crippen molar-refractivity contribution in [2.45, 2.75) is 44.2 Å². The van der Waals surface area contributed by atoms with Crippen LogP contribution in [0.1, 0.15) is 32.1 Å². The van der Waals surface area contributed by atoms with Crippen molar-refractivity contribution in [2.75, 3.05) is 46.8 Å². The second-order valence-corrected chi connectivity index (χ2v) is 6.37. The minimum Gasteiger partial charge on any atom is -0.391 e. The van der Waals surface area contributed by atoms with Gasteiger partial charge in [-0.25, -0.2) is 0 Å². The molecule has 1 N–H and O–H groups in total. The van der Waals surface area contributed by atoms with E-state index < -0.39 is 0 Å². The molecule has 1 aliphatic carbocycles. The van der Waals surface area contributed by atoms with Gasteiger partial charge in [0.2, 0.25) is 5.91 Å². The highest BCUT2D eigenvalue weighted by Gasteiger charge is 2.30. The third-order valence-electron chi connectivity index (χ3n) is 4.64. The lowest BCUT2D eigenvalue weighted by Crippen LogP contribution is -2.47. The molecule has 0 spiro atoms. The van der Waals surface area contributed by atoms with Gasteiger partial charge in [-0.3, -0.25) is 14.6 Å². The van der Waals surface area contributed by atoms with E-state index in [1.807, 2.05) is 14.1 Å². The number of aliphatic hydroxyl groups is 1. The normalized spacial score (nSPS) is 29.9. The van der Waals surface area contributed by atoms with Crippen LogP contribution >= 0.6 is 0 Å². The monoisotopic (exact) mass is 283 g/mol. The highest BCUT2D eigenvalue weighted by atomic mass is 16.3. The fourth-order valence-corrected chi connectivity index (χ4v) is 3.33. The predicted octanol–water partition coefficient (Wildman–Crippen LogP) is 0.386. The van der Waals surface area contributed by atoms with Gasteiger partial charge in [-0.1, -0.05) is 12.8 Å². The lowest BCUT2D eigenvalue weighted by atomic mass is 9.91. The van der Waals surface area contributed by atoms with Crippen molar-refractivity contribution in [3.63, 3.8) is 0 Å². The molecule has 1 saturated heterocycles. The summed E-state index contributed by atoms with van der Waals surface area (Å²) in [5.74, 6) is 0.177. The largest absolute Gasteiger partial charge is 0.391 e. The molecule has 2 atom stereocenters. The van der Waals surface area contributed by atoms with Gasteiger partial charge in [0, 0.05) is 33.2 Å². The highest BCUT2D eigenvalue weighted by Crippen LogP contribution is 2.24. The molecule has 2 fully saturated rings. The molecule has 2 rings (SSSR count). The maximum atomic E-state index is 11.8. The molecular weight excluding hydrogens is 254 g/mol. The molecule has 0 bridgehead atoms. The average molecular weight is 283 g/mol. The summed E-state index contributed by atoms with van der Waals surface area (Å²) in [7, 11) is 3.62. The molecule has 116 valence electrons. The molecule has 20 heavy (non-hydrogen) atoms. The molecule has 1 heterocycles. The number of rotatable bonds is 3. The molecule has 0 radical (unpaired) electrons. The number of hydrogen-bond donors (Lipinski definition) is 1. The minimum atomic E-state index is -0.154. The number of nitrogens with zero attached hydrogens (tertiary/aromatic N) is 3. The highest BCUT2D eigenvalue weighted by molar-refractivity contribution is 5.77. The summed E-state index contributed by atoms with van der Waals surface area (Å²) in [6.45, 7) is 4.46. The summed E-state index contributed by atoms with van der Waals surface area (Å²) >= 11 is 0. The number of likely N-dealkylation sites (N-methyl/N-ethyl adjacent to an activating group) is 1. The maximum Gasteiger partial charge on any atom is 0.236 e. The van der Waals surface area contributed by atoms with E-state index >= 15 is 0 Å². The molecule has 1 aliphatic heterocycles. The third kappa shape index (κ3) is 4.17. The summed E-state index contributed by atoms with van der Waals surface area (Å²) in [4.78, 5) is 18.1. The smallest absolute Gasteiger partial charge is 0.236 e. The topological polar surface area (TPSA) is 47.0 Å². The zero-order valence-corrected chi connectivity index (χ0v) is 12.9. The van der Waals surface area contributed by atoms with Gasteiger partial charge < -0.3 is 10.0 Å². The van der Waals surface area contributed by atoms with Gasteiger partial charge in [0.15, 0.2) is 0 Å². The van der Waals surface area contributed by atoms with E-state index in [0.717, 1.165) is 51.9 Å². The van der Waals surface area contributed by atoms with Crippen molar-refractivity contribution in [1.29, 1.82) is 0 Å². The Balaban J connectivity index is 1.84. The first-order chi connectivity index (χ1) is 9.58. The summed E-state index contributed by atoms with van der Waals surface area (Å²) in [5, 5.41) is 10.2. The Kier molecular flexibility index (Phi) is 5.81. The summed E-state index contributed by atoms with van der Waals surface area (Å²) in [5.41, 5.74) is 0. The van der Waals surface area contributed by atoms with Crippen LogP contribution in [0.2, 0.25) is 0 Å². The summed E-state index contributed by atoms with van der Waals surface area (Å²) in [6, 6.07) is 0.341. The minimum absolute atomic E-state index is 0.154. The van der Waals surface area contributed by atoms with Gasteiger partial charge in [-0.05, 0) is 32.4 Å². The molecule has 0 aromatic carbocycles. The van der Waals surface area contributed by atoms with E-state index in [4.69, 9.17) is 0 Å². The van der Waals surface area contributed by atoms with Crippen LogP contribution in [0.3, 0.4) is 0 Å². The number of amides is 1. The van der Waals surface area contributed by atoms with Gasteiger partial charge >= 0.3 is 0 Å². The Morgan fingerprint density at radius 1 is 1.10 bits per heavy atom. The van der Waals surface area contributed by atoms with Crippen LogP contribution in [0.25, 0.3) is 0 Å². The Morgan fingerprint density at radius 3 is 2.55 bits per heavy atom. The molecule has 1 amide bonds. The fraction of sp³-hybridized carbons (Fsp3) is 0.933. The van der Waals surface area contributed by atoms with Crippen molar-refractivity contribution in [3.8, 4) is 0 Å². The van der Waals surface area contributed by atoms with E-state index in [0.29, 0.717) is 12.6 Å². The second-order valence-electron chi connectivity index (χ2n) is 6.37. The van der Waals surface area contributed by atoms with Crippen molar-refractivity contribution in [2.24, 2.45) is 0 Å². The second kappa shape index (κ2) is 7.38. The first-order valence-corrected chi connectivity index (χ1v) is 7.92. The SMILES string of the molecule is CN(C)C(=O)CN1CCCN([C@@H]2CCCC[C@H]2O)CC1. The van der Waals surface area contributed by atoms with Crippen LogP contribution < -0.4 is 0 Å². The van der Waals surface area contributed by atoms with Crippen LogP contribution in [0.15, 0.2) is 0 Å². The first kappa shape index (κ1) is 15.7. The Bertz CT molecular complexity index is 322. The predicted molar refractivity (Wildman–Crippen MR) is 79.6 cm³/mol. The summed E-state index contributed by atoms with van der Waals surface area (Å²) in [6.07, 6.45) is 5.40. The van der Waals surface area contributed by atoms with Crippen molar-refractivity contribution in [3.05, 3.63) is 0 Å². The van der Waals surface area contributed by atoms with Crippen LogP contribution in [-0.2, 0) is 4.79 Å². The number of carbonyl (C=O) groups is 1. The van der Waals surface area contributed by atoms with Crippen LogP contribution in [0.5, 0.6) is 0 Å². The summed E-state index contributed by atoms with van der Waals surface area (Å²) < 4.78 is 0. The van der Waals surface area contributed by atoms with Gasteiger partial charge in [0.05, 0.1) is 12.6 Å². The van der Waals surface area contributed by atoms with E-state index in [2.05, 4.69) is 9.80 Å². The van der Waals surface area contributed by atoms with E-state index in [1.165, 1.54) is 6.42 Å². The van der Waals surface area contributed by atoms with Crippen LogP contribution in [-0.4, -0.2) is 84.7 Å². The Labute approximate surface area is 122 Å². The molecule has 2 aliphatic rings. The lowest BCUT2D eigenvalue weighted by Gasteiger charge is -2.37. The first-order valence-electron chi connectivity index (χ1n) is 7.92. The number of hydrogen-bond acceptors (Lipinski definition) is 4.